The molecule has 0 spiro atoms. The summed E-state index contributed by atoms with van der Waals surface area (Å²) in [6, 6.07) is 4.19. The molecular weight excluding hydrogens is 182 g/mol. The maximum atomic E-state index is 13.0. The molecule has 0 aromatic heterocycles. The van der Waals surface area contributed by atoms with Gasteiger partial charge < -0.3 is 0 Å². The van der Waals surface area contributed by atoms with Gasteiger partial charge in [0.25, 0.3) is 0 Å². The van der Waals surface area contributed by atoms with Crippen LogP contribution in [0.1, 0.15) is 38.7 Å². The van der Waals surface area contributed by atoms with Crippen molar-refractivity contribution < 1.29 is 8.78 Å². The molecule has 0 saturated carbocycles. The van der Waals surface area contributed by atoms with Crippen LogP contribution in [-0.4, -0.2) is 0 Å². The minimum absolute atomic E-state index is 0.310. The Morgan fingerprint density at radius 2 is 1.79 bits per heavy atom. The molecule has 0 radical (unpaired) electrons. The van der Waals surface area contributed by atoms with Gasteiger partial charge in [-0.25, -0.2) is 8.78 Å². The zero-order valence-electron chi connectivity index (χ0n) is 8.85. The summed E-state index contributed by atoms with van der Waals surface area (Å²) in [7, 11) is 0. The molecule has 1 aromatic rings. The Hall–Kier alpha value is -0.920. The van der Waals surface area contributed by atoms with E-state index in [9.17, 15) is 8.78 Å². The standard InChI is InChI=1S/C12H16F2/c1-4-10(8(2)3)9-5-6-11(13)12(14)7-9/h5-8,10H,4H2,1-3H3/t10-/m0/s1. The lowest BCUT2D eigenvalue weighted by Crippen LogP contribution is -2.06. The lowest BCUT2D eigenvalue weighted by atomic mass is 9.86. The smallest absolute Gasteiger partial charge is 0.159 e. The van der Waals surface area contributed by atoms with Crippen molar-refractivity contribution in [3.63, 3.8) is 0 Å². The monoisotopic (exact) mass is 198 g/mol. The predicted molar refractivity (Wildman–Crippen MR) is 54.2 cm³/mol. The predicted octanol–water partition coefficient (Wildman–Crippen LogP) is 4.11. The first-order valence-corrected chi connectivity index (χ1v) is 5.01. The van der Waals surface area contributed by atoms with Gasteiger partial charge in [-0.15, -0.1) is 0 Å². The molecule has 0 nitrogen and oxygen atoms in total. The van der Waals surface area contributed by atoms with Crippen molar-refractivity contribution in [1.82, 2.24) is 0 Å². The van der Waals surface area contributed by atoms with Crippen LogP contribution in [0.5, 0.6) is 0 Å². The van der Waals surface area contributed by atoms with Crippen molar-refractivity contribution in [3.05, 3.63) is 35.4 Å². The highest BCUT2D eigenvalue weighted by Gasteiger charge is 2.15. The molecule has 2 heteroatoms. The molecule has 0 bridgehead atoms. The number of rotatable bonds is 3. The van der Waals surface area contributed by atoms with Crippen LogP contribution in [0.4, 0.5) is 8.78 Å². The molecular formula is C12H16F2. The summed E-state index contributed by atoms with van der Waals surface area (Å²) in [5, 5.41) is 0. The molecule has 78 valence electrons. The molecule has 0 N–H and O–H groups in total. The van der Waals surface area contributed by atoms with Crippen molar-refractivity contribution in [2.45, 2.75) is 33.1 Å². The van der Waals surface area contributed by atoms with Crippen LogP contribution in [0.3, 0.4) is 0 Å². The van der Waals surface area contributed by atoms with E-state index >= 15 is 0 Å². The van der Waals surface area contributed by atoms with Gasteiger partial charge >= 0.3 is 0 Å². The molecule has 0 saturated heterocycles. The average Bonchev–Trinajstić information content (AvgIpc) is 2.11. The number of halogens is 2. The van der Waals surface area contributed by atoms with Gasteiger partial charge in [0.1, 0.15) is 0 Å². The van der Waals surface area contributed by atoms with Crippen molar-refractivity contribution in [2.75, 3.05) is 0 Å². The third-order valence-corrected chi connectivity index (χ3v) is 2.62. The van der Waals surface area contributed by atoms with Gasteiger partial charge in [0, 0.05) is 0 Å². The topological polar surface area (TPSA) is 0 Å². The van der Waals surface area contributed by atoms with Gasteiger partial charge in [0.2, 0.25) is 0 Å². The van der Waals surface area contributed by atoms with Gasteiger partial charge in [-0.1, -0.05) is 26.8 Å². The van der Waals surface area contributed by atoms with E-state index in [1.807, 2.05) is 0 Å². The molecule has 14 heavy (non-hydrogen) atoms. The first-order valence-electron chi connectivity index (χ1n) is 5.01. The minimum atomic E-state index is -0.771. The second-order valence-corrected chi connectivity index (χ2v) is 3.93. The Bertz CT molecular complexity index is 305. The maximum Gasteiger partial charge on any atom is 0.159 e. The zero-order chi connectivity index (χ0) is 10.7. The number of hydrogen-bond acceptors (Lipinski definition) is 0. The second-order valence-electron chi connectivity index (χ2n) is 3.93. The van der Waals surface area contributed by atoms with Gasteiger partial charge in [-0.05, 0) is 36.0 Å². The summed E-state index contributed by atoms with van der Waals surface area (Å²) < 4.78 is 25.7. The highest BCUT2D eigenvalue weighted by Crippen LogP contribution is 2.28. The molecule has 1 atom stereocenters. The van der Waals surface area contributed by atoms with Crippen LogP contribution >= 0.6 is 0 Å². The Balaban J connectivity index is 3.00. The highest BCUT2D eigenvalue weighted by atomic mass is 19.2. The van der Waals surface area contributed by atoms with E-state index < -0.39 is 11.6 Å². The summed E-state index contributed by atoms with van der Waals surface area (Å²) in [6.07, 6.45) is 0.947. The minimum Gasteiger partial charge on any atom is -0.204 e. The summed E-state index contributed by atoms with van der Waals surface area (Å²) in [4.78, 5) is 0. The fraction of sp³-hybridized carbons (Fsp3) is 0.500. The van der Waals surface area contributed by atoms with Gasteiger partial charge in [-0.3, -0.25) is 0 Å². The fourth-order valence-corrected chi connectivity index (χ4v) is 1.84. The molecule has 0 fully saturated rings. The highest BCUT2D eigenvalue weighted by molar-refractivity contribution is 5.22. The van der Waals surface area contributed by atoms with Gasteiger partial charge in [0.05, 0.1) is 0 Å². The van der Waals surface area contributed by atoms with Gasteiger partial charge in [-0.2, -0.15) is 0 Å². The summed E-state index contributed by atoms with van der Waals surface area (Å²) in [6.45, 7) is 6.25. The zero-order valence-corrected chi connectivity index (χ0v) is 8.85. The summed E-state index contributed by atoms with van der Waals surface area (Å²) in [5.74, 6) is -0.760. The number of hydrogen-bond donors (Lipinski definition) is 0. The molecule has 0 unspecified atom stereocenters. The first kappa shape index (κ1) is 11.2. The van der Waals surface area contributed by atoms with Crippen molar-refractivity contribution in [1.29, 1.82) is 0 Å². The van der Waals surface area contributed by atoms with Crippen LogP contribution in [0, 0.1) is 17.6 Å². The third kappa shape index (κ3) is 2.31. The van der Waals surface area contributed by atoms with E-state index in [4.69, 9.17) is 0 Å². The molecule has 0 amide bonds. The van der Waals surface area contributed by atoms with Crippen molar-refractivity contribution in [3.8, 4) is 0 Å². The summed E-state index contributed by atoms with van der Waals surface area (Å²) in [5.41, 5.74) is 0.890. The van der Waals surface area contributed by atoms with Gasteiger partial charge in [0.15, 0.2) is 11.6 Å². The maximum absolute atomic E-state index is 13.0. The van der Waals surface area contributed by atoms with E-state index in [-0.39, 0.29) is 0 Å². The Morgan fingerprint density at radius 3 is 2.21 bits per heavy atom. The Kier molecular flexibility index (Phi) is 3.62. The molecule has 0 aliphatic rings. The van der Waals surface area contributed by atoms with E-state index in [0.29, 0.717) is 11.8 Å². The summed E-state index contributed by atoms with van der Waals surface area (Å²) >= 11 is 0. The molecule has 0 heterocycles. The van der Waals surface area contributed by atoms with E-state index in [0.717, 1.165) is 12.0 Å². The average molecular weight is 198 g/mol. The van der Waals surface area contributed by atoms with Crippen molar-refractivity contribution >= 4 is 0 Å². The van der Waals surface area contributed by atoms with Crippen LogP contribution < -0.4 is 0 Å². The van der Waals surface area contributed by atoms with Crippen LogP contribution in [0.2, 0.25) is 0 Å². The lowest BCUT2D eigenvalue weighted by molar-refractivity contribution is 0.471. The van der Waals surface area contributed by atoms with Crippen LogP contribution in [0.25, 0.3) is 0 Å². The fourth-order valence-electron chi connectivity index (χ4n) is 1.84. The largest absolute Gasteiger partial charge is 0.204 e. The van der Waals surface area contributed by atoms with E-state index in [2.05, 4.69) is 20.8 Å². The third-order valence-electron chi connectivity index (χ3n) is 2.62. The second kappa shape index (κ2) is 4.54. The molecule has 1 rings (SSSR count). The SMILES string of the molecule is CC[C@H](c1ccc(F)c(F)c1)C(C)C. The normalized spacial score (nSPS) is 13.3. The first-order chi connectivity index (χ1) is 6.56. The van der Waals surface area contributed by atoms with E-state index in [1.54, 1.807) is 6.07 Å². The Morgan fingerprint density at radius 1 is 1.14 bits per heavy atom. The quantitative estimate of drug-likeness (QED) is 0.685. The van der Waals surface area contributed by atoms with E-state index in [1.165, 1.54) is 12.1 Å². The van der Waals surface area contributed by atoms with Crippen LogP contribution in [0.15, 0.2) is 18.2 Å². The molecule has 0 aliphatic heterocycles. The van der Waals surface area contributed by atoms with Crippen molar-refractivity contribution in [2.24, 2.45) is 5.92 Å². The van der Waals surface area contributed by atoms with Crippen LogP contribution in [-0.2, 0) is 0 Å². The Labute approximate surface area is 84.0 Å². The molecule has 1 aromatic carbocycles. The number of benzene rings is 1. The molecule has 0 aliphatic carbocycles. The lowest BCUT2D eigenvalue weighted by Gasteiger charge is -2.19.